The van der Waals surface area contributed by atoms with Gasteiger partial charge < -0.3 is 24.0 Å². The highest BCUT2D eigenvalue weighted by molar-refractivity contribution is 5.92. The molecule has 0 saturated carbocycles. The molecule has 2 saturated heterocycles. The maximum absolute atomic E-state index is 12.7. The van der Waals surface area contributed by atoms with Crippen molar-refractivity contribution in [3.8, 4) is 0 Å². The highest BCUT2D eigenvalue weighted by atomic mass is 16.5. The third-order valence-electron chi connectivity index (χ3n) is 4.11. The average Bonchev–Trinajstić information content (AvgIpc) is 3.03. The first-order chi connectivity index (χ1) is 11.9. The Balaban J connectivity index is 1.98. The highest BCUT2D eigenvalue weighted by Crippen LogP contribution is 2.23. The van der Waals surface area contributed by atoms with Gasteiger partial charge in [-0.2, -0.15) is 0 Å². The molecule has 0 aromatic carbocycles. The third kappa shape index (κ3) is 5.02. The zero-order chi connectivity index (χ0) is 18.4. The first-order valence-electron chi connectivity index (χ1n) is 8.02. The van der Waals surface area contributed by atoms with Crippen LogP contribution in [0.1, 0.15) is 13.3 Å². The topological polar surface area (TPSA) is 102 Å². The second-order valence-electron chi connectivity index (χ2n) is 5.78. The van der Waals surface area contributed by atoms with E-state index in [1.807, 2.05) is 0 Å². The Morgan fingerprint density at radius 1 is 1.08 bits per heavy atom. The first-order valence-corrected chi connectivity index (χ1v) is 8.02. The number of morpholine rings is 1. The van der Waals surface area contributed by atoms with Crippen molar-refractivity contribution in [2.45, 2.75) is 25.5 Å². The molecule has 0 aliphatic carbocycles. The zero-order valence-corrected chi connectivity index (χ0v) is 14.3. The molecule has 2 rings (SSSR count). The Kier molecular flexibility index (Phi) is 6.51. The summed E-state index contributed by atoms with van der Waals surface area (Å²) in [4.78, 5) is 50.3. The Morgan fingerprint density at radius 2 is 1.72 bits per heavy atom. The average molecular weight is 354 g/mol. The van der Waals surface area contributed by atoms with E-state index in [1.54, 1.807) is 4.90 Å². The van der Waals surface area contributed by atoms with Gasteiger partial charge in [-0.25, -0.2) is 9.59 Å². The lowest BCUT2D eigenvalue weighted by Crippen LogP contribution is -2.50. The van der Waals surface area contributed by atoms with Crippen molar-refractivity contribution in [2.24, 2.45) is 0 Å². The van der Waals surface area contributed by atoms with Gasteiger partial charge in [-0.1, -0.05) is 0 Å². The number of carbonyl (C=O) groups is 4. The summed E-state index contributed by atoms with van der Waals surface area (Å²) in [7, 11) is 1.20. The van der Waals surface area contributed by atoms with Gasteiger partial charge >= 0.3 is 11.9 Å². The summed E-state index contributed by atoms with van der Waals surface area (Å²) in [5, 5.41) is 0. The van der Waals surface area contributed by atoms with Crippen molar-refractivity contribution in [3.05, 3.63) is 12.2 Å². The van der Waals surface area contributed by atoms with Gasteiger partial charge in [-0.15, -0.1) is 0 Å². The van der Waals surface area contributed by atoms with Crippen LogP contribution < -0.4 is 0 Å². The predicted molar refractivity (Wildman–Crippen MR) is 84.2 cm³/mol. The number of ether oxygens (including phenoxy) is 3. The fraction of sp³-hybridized carbons (Fsp3) is 0.625. The van der Waals surface area contributed by atoms with Crippen LogP contribution in [0, 0.1) is 0 Å². The van der Waals surface area contributed by atoms with Gasteiger partial charge in [0.2, 0.25) is 11.8 Å². The van der Waals surface area contributed by atoms with E-state index in [0.717, 1.165) is 12.2 Å². The molecule has 2 aliphatic rings. The lowest BCUT2D eigenvalue weighted by molar-refractivity contribution is -0.145. The Bertz CT molecular complexity index is 569. The largest absolute Gasteiger partial charge is 0.466 e. The number of esters is 2. The van der Waals surface area contributed by atoms with Crippen molar-refractivity contribution in [1.29, 1.82) is 0 Å². The number of amides is 2. The van der Waals surface area contributed by atoms with E-state index < -0.39 is 24.1 Å². The van der Waals surface area contributed by atoms with Crippen LogP contribution in [0.4, 0.5) is 0 Å². The number of nitrogens with zero attached hydrogens (tertiary/aromatic N) is 2. The maximum Gasteiger partial charge on any atom is 0.331 e. The predicted octanol–water partition coefficient (Wildman–Crippen LogP) is -0.893. The van der Waals surface area contributed by atoms with Gasteiger partial charge in [-0.3, -0.25) is 9.59 Å². The van der Waals surface area contributed by atoms with Crippen LogP contribution in [0.5, 0.6) is 0 Å². The molecule has 2 amide bonds. The van der Waals surface area contributed by atoms with Crippen LogP contribution in [-0.4, -0.2) is 85.7 Å². The Morgan fingerprint density at radius 3 is 2.32 bits per heavy atom. The molecular weight excluding hydrogens is 332 g/mol. The van der Waals surface area contributed by atoms with Gasteiger partial charge in [0.15, 0.2) is 0 Å². The normalized spacial score (nSPS) is 23.6. The van der Waals surface area contributed by atoms with E-state index >= 15 is 0 Å². The molecular formula is C16H22N2O7. The van der Waals surface area contributed by atoms with E-state index in [2.05, 4.69) is 4.74 Å². The van der Waals surface area contributed by atoms with E-state index in [1.165, 1.54) is 18.9 Å². The molecule has 2 aliphatic heterocycles. The summed E-state index contributed by atoms with van der Waals surface area (Å²) in [6, 6.07) is -0.655. The number of hydrogen-bond donors (Lipinski definition) is 0. The molecule has 2 fully saturated rings. The van der Waals surface area contributed by atoms with Crippen LogP contribution in [0.3, 0.4) is 0 Å². The van der Waals surface area contributed by atoms with E-state index in [-0.39, 0.29) is 24.8 Å². The van der Waals surface area contributed by atoms with Gasteiger partial charge in [-0.05, 0) is 0 Å². The lowest BCUT2D eigenvalue weighted by atomic mass is 10.1. The zero-order valence-electron chi connectivity index (χ0n) is 14.3. The molecule has 0 spiro atoms. The van der Waals surface area contributed by atoms with Crippen LogP contribution in [-0.2, 0) is 33.4 Å². The molecule has 0 aromatic rings. The van der Waals surface area contributed by atoms with Crippen LogP contribution in [0.2, 0.25) is 0 Å². The van der Waals surface area contributed by atoms with Crippen molar-refractivity contribution in [2.75, 3.05) is 40.0 Å². The summed E-state index contributed by atoms with van der Waals surface area (Å²) in [5.41, 5.74) is 0. The molecule has 9 nitrogen and oxygen atoms in total. The molecule has 0 bridgehead atoms. The third-order valence-corrected chi connectivity index (χ3v) is 4.11. The van der Waals surface area contributed by atoms with Crippen LogP contribution in [0.25, 0.3) is 0 Å². The number of carbonyl (C=O) groups excluding carboxylic acids is 4. The van der Waals surface area contributed by atoms with Gasteiger partial charge in [0.05, 0.1) is 26.9 Å². The van der Waals surface area contributed by atoms with E-state index in [9.17, 15) is 19.2 Å². The van der Waals surface area contributed by atoms with E-state index in [0.29, 0.717) is 26.3 Å². The Hall–Kier alpha value is -2.42. The fourth-order valence-corrected chi connectivity index (χ4v) is 2.87. The summed E-state index contributed by atoms with van der Waals surface area (Å²) >= 11 is 0. The van der Waals surface area contributed by atoms with Gasteiger partial charge in [0.25, 0.3) is 0 Å². The minimum Gasteiger partial charge on any atom is -0.466 e. The van der Waals surface area contributed by atoms with Crippen molar-refractivity contribution < 1.29 is 33.4 Å². The SMILES string of the molecule is COC(=O)/C=C/C(=O)O[C@@H]1C[C@H](C(=O)N2CCOCC2)N(C(C)=O)C1. The minimum atomic E-state index is -0.724. The molecule has 138 valence electrons. The lowest BCUT2D eigenvalue weighted by Gasteiger charge is -2.31. The summed E-state index contributed by atoms with van der Waals surface area (Å²) < 4.78 is 14.8. The first kappa shape index (κ1) is 18.9. The number of rotatable bonds is 4. The van der Waals surface area contributed by atoms with Crippen molar-refractivity contribution in [1.82, 2.24) is 9.80 Å². The number of methoxy groups -OCH3 is 1. The van der Waals surface area contributed by atoms with Gasteiger partial charge in [0, 0.05) is 38.6 Å². The molecule has 0 N–H and O–H groups in total. The molecule has 9 heteroatoms. The second-order valence-corrected chi connectivity index (χ2v) is 5.78. The van der Waals surface area contributed by atoms with Crippen LogP contribution >= 0.6 is 0 Å². The number of hydrogen-bond acceptors (Lipinski definition) is 7. The monoisotopic (exact) mass is 354 g/mol. The molecule has 0 unspecified atom stereocenters. The molecule has 25 heavy (non-hydrogen) atoms. The maximum atomic E-state index is 12.7. The Labute approximate surface area is 145 Å². The quantitative estimate of drug-likeness (QED) is 0.476. The second kappa shape index (κ2) is 8.61. The summed E-state index contributed by atoms with van der Waals surface area (Å²) in [6.45, 7) is 3.42. The highest BCUT2D eigenvalue weighted by Gasteiger charge is 2.41. The van der Waals surface area contributed by atoms with Crippen LogP contribution in [0.15, 0.2) is 12.2 Å². The minimum absolute atomic E-state index is 0.147. The van der Waals surface area contributed by atoms with Crippen molar-refractivity contribution in [3.63, 3.8) is 0 Å². The molecule has 2 atom stereocenters. The summed E-state index contributed by atoms with van der Waals surface area (Å²) in [5.74, 6) is -1.81. The molecule has 0 aromatic heterocycles. The fourth-order valence-electron chi connectivity index (χ4n) is 2.87. The standard InChI is InChI=1S/C16H22N2O7/c1-11(19)18-10-12(25-15(21)4-3-14(20)23-2)9-13(18)16(22)17-5-7-24-8-6-17/h3-4,12-13H,5-10H2,1-2H3/b4-3+/t12-,13-/m1/s1. The van der Waals surface area contributed by atoms with Crippen molar-refractivity contribution >= 4 is 23.8 Å². The molecule has 2 heterocycles. The number of likely N-dealkylation sites (tertiary alicyclic amines) is 1. The summed E-state index contributed by atoms with van der Waals surface area (Å²) in [6.07, 6.45) is 1.54. The molecule has 0 radical (unpaired) electrons. The van der Waals surface area contributed by atoms with E-state index in [4.69, 9.17) is 9.47 Å². The smallest absolute Gasteiger partial charge is 0.331 e. The van der Waals surface area contributed by atoms with Gasteiger partial charge in [0.1, 0.15) is 12.1 Å².